The number of carbonyl (C=O) groups excluding carboxylic acids is 1. The molecule has 28 heavy (non-hydrogen) atoms. The Hall–Kier alpha value is -3.21. The molecule has 5 heteroatoms. The third-order valence-electron chi connectivity index (χ3n) is 4.96. The van der Waals surface area contributed by atoms with E-state index in [0.29, 0.717) is 17.8 Å². The Morgan fingerprint density at radius 2 is 1.82 bits per heavy atom. The third kappa shape index (κ3) is 4.36. The predicted molar refractivity (Wildman–Crippen MR) is 113 cm³/mol. The Morgan fingerprint density at radius 3 is 2.46 bits per heavy atom. The van der Waals surface area contributed by atoms with Gasteiger partial charge in [-0.05, 0) is 68.3 Å². The average molecular weight is 374 g/mol. The highest BCUT2D eigenvalue weighted by Crippen LogP contribution is 2.25. The van der Waals surface area contributed by atoms with Crippen molar-refractivity contribution in [3.05, 3.63) is 77.2 Å². The number of pyridine rings is 2. The number of hydrogen-bond donors (Lipinski definition) is 1. The van der Waals surface area contributed by atoms with E-state index in [1.165, 1.54) is 5.56 Å². The fraction of sp³-hybridized carbons (Fsp3) is 0.261. The van der Waals surface area contributed by atoms with E-state index in [-0.39, 0.29) is 11.9 Å². The number of carbonyl (C=O) groups is 1. The van der Waals surface area contributed by atoms with Gasteiger partial charge >= 0.3 is 0 Å². The van der Waals surface area contributed by atoms with Crippen LogP contribution in [0.3, 0.4) is 0 Å². The first-order chi connectivity index (χ1) is 13.3. The van der Waals surface area contributed by atoms with Gasteiger partial charge in [-0.2, -0.15) is 0 Å². The number of nitrogen functional groups attached to an aromatic ring is 1. The highest BCUT2D eigenvalue weighted by molar-refractivity contribution is 5.95. The molecule has 5 nitrogen and oxygen atoms in total. The Morgan fingerprint density at radius 1 is 1.11 bits per heavy atom. The second-order valence-electron chi connectivity index (χ2n) is 7.26. The summed E-state index contributed by atoms with van der Waals surface area (Å²) in [6.07, 6.45) is 2.52. The zero-order chi connectivity index (χ0) is 20.3. The molecule has 0 spiro atoms. The van der Waals surface area contributed by atoms with Crippen molar-refractivity contribution in [1.82, 2.24) is 14.9 Å². The van der Waals surface area contributed by atoms with Crippen LogP contribution in [0.4, 0.5) is 5.82 Å². The van der Waals surface area contributed by atoms with Gasteiger partial charge in [-0.3, -0.25) is 9.78 Å². The van der Waals surface area contributed by atoms with Crippen LogP contribution in [0.2, 0.25) is 0 Å². The molecule has 0 aliphatic carbocycles. The SMILES string of the molecule is Cc1ccnc(CC(C)N(C)C(=O)c2ccc(-c3ccc(C)nc3N)cc2)c1. The van der Waals surface area contributed by atoms with E-state index >= 15 is 0 Å². The van der Waals surface area contributed by atoms with E-state index in [9.17, 15) is 4.79 Å². The van der Waals surface area contributed by atoms with Crippen LogP contribution in [-0.2, 0) is 6.42 Å². The van der Waals surface area contributed by atoms with Gasteiger partial charge in [0.1, 0.15) is 5.82 Å². The van der Waals surface area contributed by atoms with E-state index < -0.39 is 0 Å². The van der Waals surface area contributed by atoms with Crippen molar-refractivity contribution >= 4 is 11.7 Å². The van der Waals surface area contributed by atoms with Crippen molar-refractivity contribution in [3.63, 3.8) is 0 Å². The lowest BCUT2D eigenvalue weighted by Crippen LogP contribution is -2.36. The molecule has 2 heterocycles. The first kappa shape index (κ1) is 19.5. The van der Waals surface area contributed by atoms with Crippen LogP contribution in [-0.4, -0.2) is 33.9 Å². The summed E-state index contributed by atoms with van der Waals surface area (Å²) in [7, 11) is 1.83. The minimum atomic E-state index is -0.0123. The van der Waals surface area contributed by atoms with Crippen molar-refractivity contribution in [3.8, 4) is 11.1 Å². The van der Waals surface area contributed by atoms with Crippen LogP contribution in [0.1, 0.15) is 34.2 Å². The fourth-order valence-electron chi connectivity index (χ4n) is 3.17. The Bertz CT molecular complexity index is 982. The number of likely N-dealkylation sites (N-methyl/N-ethyl adjacent to an activating group) is 1. The first-order valence-corrected chi connectivity index (χ1v) is 9.37. The number of aryl methyl sites for hydroxylation is 2. The molecule has 3 aromatic rings. The Kier molecular flexibility index (Phi) is 5.73. The minimum absolute atomic E-state index is 0.0123. The lowest BCUT2D eigenvalue weighted by atomic mass is 10.0. The number of aromatic nitrogens is 2. The van der Waals surface area contributed by atoms with Gasteiger partial charge in [-0.25, -0.2) is 4.98 Å². The molecule has 2 N–H and O–H groups in total. The molecule has 144 valence electrons. The minimum Gasteiger partial charge on any atom is -0.383 e. The van der Waals surface area contributed by atoms with Crippen molar-refractivity contribution < 1.29 is 4.79 Å². The van der Waals surface area contributed by atoms with Crippen molar-refractivity contribution in [2.45, 2.75) is 33.2 Å². The monoisotopic (exact) mass is 374 g/mol. The lowest BCUT2D eigenvalue weighted by molar-refractivity contribution is 0.0743. The topological polar surface area (TPSA) is 72.1 Å². The largest absolute Gasteiger partial charge is 0.383 e. The lowest BCUT2D eigenvalue weighted by Gasteiger charge is -2.25. The average Bonchev–Trinajstić information content (AvgIpc) is 2.67. The standard InChI is InChI=1S/C23H26N4O/c1-15-11-12-25-20(13-15)14-17(3)27(4)23(28)19-8-6-18(7-9-19)21-10-5-16(2)26-22(21)24/h5-13,17H,14H2,1-4H3,(H2,24,26). The number of hydrogen-bond acceptors (Lipinski definition) is 4. The number of rotatable bonds is 5. The molecule has 0 radical (unpaired) electrons. The Balaban J connectivity index is 1.73. The molecular formula is C23H26N4O. The van der Waals surface area contributed by atoms with E-state index in [0.717, 1.165) is 22.5 Å². The normalized spacial score (nSPS) is 11.9. The van der Waals surface area contributed by atoms with Crippen molar-refractivity contribution in [2.24, 2.45) is 0 Å². The van der Waals surface area contributed by atoms with Gasteiger partial charge in [0, 0.05) is 48.2 Å². The van der Waals surface area contributed by atoms with E-state index in [1.54, 1.807) is 4.90 Å². The fourth-order valence-corrected chi connectivity index (χ4v) is 3.17. The summed E-state index contributed by atoms with van der Waals surface area (Å²) in [4.78, 5) is 23.3. The maximum absolute atomic E-state index is 12.9. The van der Waals surface area contributed by atoms with Gasteiger partial charge in [-0.15, -0.1) is 0 Å². The maximum atomic E-state index is 12.9. The Labute approximate surface area is 166 Å². The molecule has 0 saturated heterocycles. The summed E-state index contributed by atoms with van der Waals surface area (Å²) < 4.78 is 0. The third-order valence-corrected chi connectivity index (χ3v) is 4.96. The number of nitrogens with zero attached hydrogens (tertiary/aromatic N) is 3. The number of anilines is 1. The molecule has 1 amide bonds. The van der Waals surface area contributed by atoms with Gasteiger partial charge in [0.2, 0.25) is 0 Å². The summed E-state index contributed by atoms with van der Waals surface area (Å²) in [6.45, 7) is 5.99. The molecular weight excluding hydrogens is 348 g/mol. The van der Waals surface area contributed by atoms with Gasteiger partial charge in [0.15, 0.2) is 0 Å². The second kappa shape index (κ2) is 8.21. The zero-order valence-electron chi connectivity index (χ0n) is 16.8. The van der Waals surface area contributed by atoms with Crippen molar-refractivity contribution in [2.75, 3.05) is 12.8 Å². The van der Waals surface area contributed by atoms with Gasteiger partial charge in [0.25, 0.3) is 5.91 Å². The quantitative estimate of drug-likeness (QED) is 0.731. The van der Waals surface area contributed by atoms with Gasteiger partial charge in [0.05, 0.1) is 0 Å². The first-order valence-electron chi connectivity index (χ1n) is 9.37. The summed E-state index contributed by atoms with van der Waals surface area (Å²) in [5.74, 6) is 0.483. The predicted octanol–water partition coefficient (Wildman–Crippen LogP) is 4.05. The van der Waals surface area contributed by atoms with Crippen LogP contribution >= 0.6 is 0 Å². The van der Waals surface area contributed by atoms with E-state index in [2.05, 4.69) is 16.0 Å². The molecule has 3 rings (SSSR count). The van der Waals surface area contributed by atoms with Gasteiger partial charge < -0.3 is 10.6 Å². The molecule has 1 aromatic carbocycles. The summed E-state index contributed by atoms with van der Waals surface area (Å²) in [6, 6.07) is 15.5. The molecule has 0 fully saturated rings. The molecule has 2 aromatic heterocycles. The second-order valence-corrected chi connectivity index (χ2v) is 7.26. The molecule has 0 bridgehead atoms. The van der Waals surface area contributed by atoms with Crippen LogP contribution in [0.15, 0.2) is 54.7 Å². The van der Waals surface area contributed by atoms with Crippen LogP contribution in [0.25, 0.3) is 11.1 Å². The van der Waals surface area contributed by atoms with Gasteiger partial charge in [-0.1, -0.05) is 12.1 Å². The highest BCUT2D eigenvalue weighted by atomic mass is 16.2. The highest BCUT2D eigenvalue weighted by Gasteiger charge is 2.18. The van der Waals surface area contributed by atoms with E-state index in [1.807, 2.05) is 76.5 Å². The van der Waals surface area contributed by atoms with E-state index in [4.69, 9.17) is 5.73 Å². The number of benzene rings is 1. The van der Waals surface area contributed by atoms with Crippen LogP contribution in [0.5, 0.6) is 0 Å². The molecule has 0 aliphatic rings. The number of amides is 1. The van der Waals surface area contributed by atoms with Crippen LogP contribution < -0.4 is 5.73 Å². The summed E-state index contributed by atoms with van der Waals surface area (Å²) >= 11 is 0. The smallest absolute Gasteiger partial charge is 0.253 e. The van der Waals surface area contributed by atoms with Crippen LogP contribution in [0, 0.1) is 13.8 Å². The molecule has 0 saturated carbocycles. The maximum Gasteiger partial charge on any atom is 0.253 e. The zero-order valence-corrected chi connectivity index (χ0v) is 16.8. The number of nitrogens with two attached hydrogens (primary N) is 1. The van der Waals surface area contributed by atoms with Crippen molar-refractivity contribution in [1.29, 1.82) is 0 Å². The summed E-state index contributed by atoms with van der Waals surface area (Å²) in [5.41, 5.74) is 11.5. The molecule has 0 aliphatic heterocycles. The molecule has 1 atom stereocenters. The summed E-state index contributed by atoms with van der Waals surface area (Å²) in [5, 5.41) is 0. The molecule has 1 unspecified atom stereocenters.